The Morgan fingerprint density at radius 2 is 1.22 bits per heavy atom. The highest BCUT2D eigenvalue weighted by atomic mass is 127. The van der Waals surface area contributed by atoms with Crippen LogP contribution in [-0.2, 0) is 4.43 Å². The minimum atomic E-state index is 0.154. The maximum Gasteiger partial charge on any atom is 0.0590 e. The standard InChI is InChI=1S/C56H55IN2/c1-38-16-15-23-52(32-38)59(51-30-26-47(27-31-51)45-20-11-8-12-21-45)54-34-41(4)55(43(6)42(54)5)56-40(3)33-53(35-49(56)36-57)58(37-48-22-14-13-17-39(48)2)50-28-24-46(25-29-50)44-18-9-7-10-19-44/h7-21,23-35,42,48,54H,22,36-37H2,1-6H3. The van der Waals surface area contributed by atoms with Gasteiger partial charge in [-0.15, -0.1) is 0 Å². The Balaban J connectivity index is 1.16. The van der Waals surface area contributed by atoms with Crippen LogP contribution in [0.5, 0.6) is 0 Å². The van der Waals surface area contributed by atoms with E-state index in [9.17, 15) is 0 Å². The number of alkyl halides is 1. The first kappa shape index (κ1) is 40.4. The van der Waals surface area contributed by atoms with Crippen molar-refractivity contribution in [3.05, 3.63) is 209 Å². The van der Waals surface area contributed by atoms with Crippen molar-refractivity contribution in [1.29, 1.82) is 0 Å². The Labute approximate surface area is 366 Å². The van der Waals surface area contributed by atoms with Gasteiger partial charge in [0.1, 0.15) is 0 Å². The first-order valence-corrected chi connectivity index (χ1v) is 22.6. The lowest BCUT2D eigenvalue weighted by Gasteiger charge is -2.40. The van der Waals surface area contributed by atoms with Crippen molar-refractivity contribution in [2.75, 3.05) is 16.3 Å². The van der Waals surface area contributed by atoms with Gasteiger partial charge < -0.3 is 9.80 Å². The normalized spacial score (nSPS) is 17.7. The summed E-state index contributed by atoms with van der Waals surface area (Å²) in [7, 11) is 0. The second kappa shape index (κ2) is 17.8. The molecule has 8 rings (SSSR count). The second-order valence-electron chi connectivity index (χ2n) is 16.5. The van der Waals surface area contributed by atoms with Gasteiger partial charge in [0.05, 0.1) is 6.04 Å². The van der Waals surface area contributed by atoms with Gasteiger partial charge in [0.2, 0.25) is 0 Å². The van der Waals surface area contributed by atoms with Crippen LogP contribution in [0.1, 0.15) is 56.4 Å². The highest BCUT2D eigenvalue weighted by Gasteiger charge is 2.33. The number of benzene rings is 6. The van der Waals surface area contributed by atoms with E-state index in [1.807, 2.05) is 0 Å². The minimum Gasteiger partial charge on any atom is -0.341 e. The zero-order valence-electron chi connectivity index (χ0n) is 35.3. The summed E-state index contributed by atoms with van der Waals surface area (Å²) in [4.78, 5) is 5.12. The van der Waals surface area contributed by atoms with Crippen molar-refractivity contribution in [1.82, 2.24) is 0 Å². The maximum atomic E-state index is 2.59. The van der Waals surface area contributed by atoms with Crippen molar-refractivity contribution in [2.24, 2.45) is 11.8 Å². The fourth-order valence-corrected chi connectivity index (χ4v) is 9.80. The molecule has 296 valence electrons. The molecule has 3 atom stereocenters. The van der Waals surface area contributed by atoms with E-state index in [-0.39, 0.29) is 12.0 Å². The summed E-state index contributed by atoms with van der Waals surface area (Å²) in [5.74, 6) is 0.729. The zero-order valence-corrected chi connectivity index (χ0v) is 37.4. The predicted octanol–water partition coefficient (Wildman–Crippen LogP) is 15.8. The van der Waals surface area contributed by atoms with Gasteiger partial charge in [-0.3, -0.25) is 0 Å². The van der Waals surface area contributed by atoms with Gasteiger partial charge >= 0.3 is 0 Å². The Hall–Kier alpha value is -5.39. The van der Waals surface area contributed by atoms with Crippen LogP contribution in [0, 0.1) is 25.7 Å². The van der Waals surface area contributed by atoms with Gasteiger partial charge in [0.15, 0.2) is 0 Å². The predicted molar refractivity (Wildman–Crippen MR) is 263 cm³/mol. The van der Waals surface area contributed by atoms with Gasteiger partial charge in [0.25, 0.3) is 0 Å². The molecule has 0 fully saturated rings. The van der Waals surface area contributed by atoms with Gasteiger partial charge in [-0.25, -0.2) is 0 Å². The molecule has 0 radical (unpaired) electrons. The minimum absolute atomic E-state index is 0.154. The lowest BCUT2D eigenvalue weighted by molar-refractivity contribution is 0.577. The molecule has 0 amide bonds. The molecule has 0 heterocycles. The van der Waals surface area contributed by atoms with E-state index < -0.39 is 0 Å². The maximum absolute atomic E-state index is 2.59. The summed E-state index contributed by atoms with van der Waals surface area (Å²) < 4.78 is 0.929. The molecule has 0 saturated heterocycles. The molecule has 2 aliphatic carbocycles. The molecule has 0 saturated carbocycles. The van der Waals surface area contributed by atoms with Crippen LogP contribution in [0.4, 0.5) is 22.7 Å². The second-order valence-corrected chi connectivity index (χ2v) is 17.3. The van der Waals surface area contributed by atoms with Crippen LogP contribution in [0.25, 0.3) is 27.8 Å². The third kappa shape index (κ3) is 8.54. The lowest BCUT2D eigenvalue weighted by Crippen LogP contribution is -2.38. The zero-order chi connectivity index (χ0) is 41.0. The Morgan fingerprint density at radius 3 is 1.81 bits per heavy atom. The number of anilines is 4. The molecule has 3 unspecified atom stereocenters. The summed E-state index contributed by atoms with van der Waals surface area (Å²) in [5.41, 5.74) is 20.9. The quantitative estimate of drug-likeness (QED) is 0.0945. The van der Waals surface area contributed by atoms with E-state index in [1.54, 1.807) is 0 Å². The third-order valence-corrected chi connectivity index (χ3v) is 13.4. The summed E-state index contributed by atoms with van der Waals surface area (Å²) in [6.07, 6.45) is 10.4. The Kier molecular flexibility index (Phi) is 12.2. The number of allylic oxidation sites excluding steroid dienone is 5. The van der Waals surface area contributed by atoms with Crippen molar-refractivity contribution in [3.8, 4) is 22.3 Å². The summed E-state index contributed by atoms with van der Waals surface area (Å²) in [6.45, 7) is 14.9. The number of halogens is 1. The summed E-state index contributed by atoms with van der Waals surface area (Å²) in [6, 6.07) is 53.7. The first-order valence-electron chi connectivity index (χ1n) is 21.1. The monoisotopic (exact) mass is 882 g/mol. The average molecular weight is 883 g/mol. The van der Waals surface area contributed by atoms with Crippen LogP contribution in [0.3, 0.4) is 0 Å². The first-order chi connectivity index (χ1) is 28.7. The van der Waals surface area contributed by atoms with E-state index in [0.29, 0.717) is 5.92 Å². The van der Waals surface area contributed by atoms with Crippen LogP contribution in [-0.4, -0.2) is 12.6 Å². The molecule has 0 aromatic heterocycles. The van der Waals surface area contributed by atoms with Crippen LogP contribution in [0.15, 0.2) is 187 Å². The van der Waals surface area contributed by atoms with Crippen molar-refractivity contribution in [3.63, 3.8) is 0 Å². The van der Waals surface area contributed by atoms with Gasteiger partial charge in [0, 0.05) is 45.6 Å². The molecule has 2 aliphatic rings. The van der Waals surface area contributed by atoms with E-state index >= 15 is 0 Å². The van der Waals surface area contributed by atoms with E-state index in [4.69, 9.17) is 0 Å². The molecular formula is C56H55IN2. The van der Waals surface area contributed by atoms with Gasteiger partial charge in [-0.05, 0) is 145 Å². The van der Waals surface area contributed by atoms with Crippen molar-refractivity contribution >= 4 is 50.9 Å². The number of hydrogen-bond donors (Lipinski definition) is 0. The highest BCUT2D eigenvalue weighted by molar-refractivity contribution is 14.1. The van der Waals surface area contributed by atoms with Gasteiger partial charge in [-0.2, -0.15) is 0 Å². The Bertz CT molecular complexity index is 2540. The largest absolute Gasteiger partial charge is 0.341 e. The number of rotatable bonds is 11. The summed E-state index contributed by atoms with van der Waals surface area (Å²) in [5, 5.41) is 0. The molecule has 6 aromatic rings. The molecule has 0 spiro atoms. The topological polar surface area (TPSA) is 6.48 Å². The van der Waals surface area contributed by atoms with E-state index in [0.717, 1.165) is 17.4 Å². The van der Waals surface area contributed by atoms with Gasteiger partial charge in [-0.1, -0.05) is 162 Å². The molecule has 0 aliphatic heterocycles. The average Bonchev–Trinajstić information content (AvgIpc) is 3.26. The van der Waals surface area contributed by atoms with Crippen LogP contribution < -0.4 is 9.80 Å². The van der Waals surface area contributed by atoms with Crippen molar-refractivity contribution in [2.45, 2.75) is 58.4 Å². The molecular weight excluding hydrogens is 828 g/mol. The van der Waals surface area contributed by atoms with Crippen LogP contribution in [0.2, 0.25) is 0 Å². The number of nitrogens with zero attached hydrogens (tertiary/aromatic N) is 2. The number of aryl methyl sites for hydroxylation is 2. The smallest absolute Gasteiger partial charge is 0.0590 e. The SMILES string of the molecule is CC1=CC(N(c2ccc(-c3ccccc3)cc2)c2cccc(C)c2)C(C)C(C)=C1c1c(C)cc(N(CC2CC=CC=C2C)c2ccc(-c3ccccc3)cc2)cc1CI. The number of hydrogen-bond acceptors (Lipinski definition) is 2. The molecule has 0 N–H and O–H groups in total. The Morgan fingerprint density at radius 1 is 0.610 bits per heavy atom. The lowest BCUT2D eigenvalue weighted by atomic mass is 9.76. The van der Waals surface area contributed by atoms with E-state index in [1.165, 1.54) is 89.5 Å². The highest BCUT2D eigenvalue weighted by Crippen LogP contribution is 2.45. The third-order valence-electron chi connectivity index (χ3n) is 12.6. The van der Waals surface area contributed by atoms with Crippen LogP contribution >= 0.6 is 22.6 Å². The fourth-order valence-electron chi connectivity index (χ4n) is 9.19. The molecule has 59 heavy (non-hydrogen) atoms. The fraction of sp³-hybridized carbons (Fsp3) is 0.214. The molecule has 3 heteroatoms. The van der Waals surface area contributed by atoms with E-state index in [2.05, 4.69) is 244 Å². The molecule has 6 aromatic carbocycles. The molecule has 0 bridgehead atoms. The molecule has 2 nitrogen and oxygen atoms in total. The van der Waals surface area contributed by atoms with Crippen molar-refractivity contribution < 1.29 is 0 Å². The summed E-state index contributed by atoms with van der Waals surface area (Å²) >= 11 is 2.59.